The molecule has 3 heterocycles. The highest BCUT2D eigenvalue weighted by Crippen LogP contribution is 2.31. The number of nitrogens with zero attached hydrogens (tertiary/aromatic N) is 5. The van der Waals surface area contributed by atoms with E-state index in [9.17, 15) is 22.8 Å². The van der Waals surface area contributed by atoms with Crippen molar-refractivity contribution in [2.75, 3.05) is 13.1 Å². The normalized spacial score (nSPS) is 13.9. The topological polar surface area (TPSA) is 97.6 Å². The van der Waals surface area contributed by atoms with Crippen molar-refractivity contribution in [1.82, 2.24) is 24.2 Å². The highest BCUT2D eigenvalue weighted by atomic mass is 19.4. The minimum Gasteiger partial charge on any atom is -0.312 e. The predicted molar refractivity (Wildman–Crippen MR) is 125 cm³/mol. The lowest BCUT2D eigenvalue weighted by Crippen LogP contribution is -2.54. The number of nitrogens with one attached hydrogen (secondary N) is 1. The molecule has 5 rings (SSSR count). The van der Waals surface area contributed by atoms with Crippen LogP contribution in [0.1, 0.15) is 22.9 Å². The molecule has 4 aromatic rings. The Balaban J connectivity index is 1.79. The van der Waals surface area contributed by atoms with Crippen LogP contribution in [0.15, 0.2) is 70.4 Å². The van der Waals surface area contributed by atoms with E-state index in [0.29, 0.717) is 30.0 Å². The van der Waals surface area contributed by atoms with Crippen LogP contribution < -0.4 is 16.6 Å². The molecule has 0 bridgehead atoms. The second-order valence-corrected chi connectivity index (χ2v) is 8.40. The lowest BCUT2D eigenvalue weighted by Gasteiger charge is -2.30. The fourth-order valence-electron chi connectivity index (χ4n) is 4.30. The average molecular weight is 492 g/mol. The van der Waals surface area contributed by atoms with Gasteiger partial charge in [-0.2, -0.15) is 23.5 Å². The van der Waals surface area contributed by atoms with E-state index in [-0.39, 0.29) is 16.9 Å². The number of benzene rings is 2. The van der Waals surface area contributed by atoms with Crippen LogP contribution in [-0.4, -0.2) is 32.0 Å². The molecule has 0 aliphatic carbocycles. The Morgan fingerprint density at radius 1 is 1.06 bits per heavy atom. The van der Waals surface area contributed by atoms with Crippen molar-refractivity contribution in [3.05, 3.63) is 98.5 Å². The zero-order valence-corrected chi connectivity index (χ0v) is 19.0. The molecule has 0 radical (unpaired) electrons. The number of aromatic nitrogens is 4. The molecular formula is C25H19F3N6O2. The molecule has 1 saturated heterocycles. The molecule has 182 valence electrons. The highest BCUT2D eigenvalue weighted by molar-refractivity contribution is 5.64. The van der Waals surface area contributed by atoms with Gasteiger partial charge in [-0.25, -0.2) is 9.48 Å². The van der Waals surface area contributed by atoms with Gasteiger partial charge < -0.3 is 5.32 Å². The van der Waals surface area contributed by atoms with Crippen LogP contribution in [0.3, 0.4) is 0 Å². The SMILES string of the molecule is Cc1c(-c2ccnn2-c2ccc(C#N)cc2)c(=O)n(C2CNC2)c(=O)n1-c1cccc(C(F)(F)F)c1. The van der Waals surface area contributed by atoms with Crippen molar-refractivity contribution >= 4 is 0 Å². The van der Waals surface area contributed by atoms with Gasteiger partial charge in [0.2, 0.25) is 0 Å². The fourth-order valence-corrected chi connectivity index (χ4v) is 4.30. The number of rotatable bonds is 4. The fraction of sp³-hybridized carbons (Fsp3) is 0.200. The zero-order valence-electron chi connectivity index (χ0n) is 19.0. The van der Waals surface area contributed by atoms with Crippen LogP contribution in [0.4, 0.5) is 13.2 Å². The number of hydrogen-bond donors (Lipinski definition) is 1. The zero-order chi connectivity index (χ0) is 25.6. The molecule has 0 saturated carbocycles. The highest BCUT2D eigenvalue weighted by Gasteiger charge is 2.32. The van der Waals surface area contributed by atoms with Crippen LogP contribution in [0.2, 0.25) is 0 Å². The van der Waals surface area contributed by atoms with Gasteiger partial charge in [0, 0.05) is 18.8 Å². The van der Waals surface area contributed by atoms with Gasteiger partial charge in [-0.05, 0) is 55.5 Å². The molecular weight excluding hydrogens is 473 g/mol. The predicted octanol–water partition coefficient (Wildman–Crippen LogP) is 3.20. The third-order valence-corrected chi connectivity index (χ3v) is 6.22. The van der Waals surface area contributed by atoms with E-state index in [4.69, 9.17) is 5.26 Å². The van der Waals surface area contributed by atoms with Gasteiger partial charge in [0.1, 0.15) is 0 Å². The quantitative estimate of drug-likeness (QED) is 0.472. The number of hydrogen-bond acceptors (Lipinski definition) is 5. The Morgan fingerprint density at radius 2 is 1.78 bits per heavy atom. The lowest BCUT2D eigenvalue weighted by atomic mass is 10.1. The first-order chi connectivity index (χ1) is 17.2. The third kappa shape index (κ3) is 3.81. The van der Waals surface area contributed by atoms with Gasteiger partial charge in [0.05, 0.1) is 52.1 Å². The van der Waals surface area contributed by atoms with Crippen LogP contribution in [-0.2, 0) is 6.18 Å². The molecule has 2 aromatic heterocycles. The Hall–Kier alpha value is -4.43. The van der Waals surface area contributed by atoms with Gasteiger partial charge in [0.25, 0.3) is 5.56 Å². The average Bonchev–Trinajstić information content (AvgIpc) is 3.29. The maximum Gasteiger partial charge on any atom is 0.416 e. The summed E-state index contributed by atoms with van der Waals surface area (Å²) in [6, 6.07) is 14.2. The summed E-state index contributed by atoms with van der Waals surface area (Å²) in [6.07, 6.45) is -3.11. The Kier molecular flexibility index (Phi) is 5.61. The van der Waals surface area contributed by atoms with E-state index in [0.717, 1.165) is 21.3 Å². The van der Waals surface area contributed by atoms with Crippen LogP contribution >= 0.6 is 0 Å². The Labute approximate surface area is 202 Å². The van der Waals surface area contributed by atoms with Crippen molar-refractivity contribution in [3.8, 4) is 28.7 Å². The first-order valence-corrected chi connectivity index (χ1v) is 11.0. The number of alkyl halides is 3. The second kappa shape index (κ2) is 8.66. The number of nitriles is 1. The summed E-state index contributed by atoms with van der Waals surface area (Å²) in [5.74, 6) is 0. The van der Waals surface area contributed by atoms with Crippen molar-refractivity contribution in [2.24, 2.45) is 0 Å². The van der Waals surface area contributed by atoms with Crippen molar-refractivity contribution in [2.45, 2.75) is 19.1 Å². The van der Waals surface area contributed by atoms with E-state index < -0.39 is 29.0 Å². The van der Waals surface area contributed by atoms with Crippen molar-refractivity contribution < 1.29 is 13.2 Å². The Bertz CT molecular complexity index is 1620. The summed E-state index contributed by atoms with van der Waals surface area (Å²) in [7, 11) is 0. The van der Waals surface area contributed by atoms with E-state index in [2.05, 4.69) is 10.4 Å². The summed E-state index contributed by atoms with van der Waals surface area (Å²) in [5.41, 5.74) is -0.465. The van der Waals surface area contributed by atoms with E-state index >= 15 is 0 Å². The molecule has 11 heteroatoms. The number of halogens is 3. The van der Waals surface area contributed by atoms with Crippen LogP contribution in [0.25, 0.3) is 22.6 Å². The lowest BCUT2D eigenvalue weighted by molar-refractivity contribution is -0.137. The molecule has 0 atom stereocenters. The molecule has 8 nitrogen and oxygen atoms in total. The second-order valence-electron chi connectivity index (χ2n) is 8.40. The molecule has 0 spiro atoms. The summed E-state index contributed by atoms with van der Waals surface area (Å²) in [5, 5.41) is 16.4. The van der Waals surface area contributed by atoms with Crippen LogP contribution in [0.5, 0.6) is 0 Å². The summed E-state index contributed by atoms with van der Waals surface area (Å²) in [6.45, 7) is 2.29. The smallest absolute Gasteiger partial charge is 0.312 e. The van der Waals surface area contributed by atoms with Gasteiger partial charge in [-0.1, -0.05) is 6.07 Å². The van der Waals surface area contributed by atoms with Crippen molar-refractivity contribution in [3.63, 3.8) is 0 Å². The van der Waals surface area contributed by atoms with E-state index in [1.165, 1.54) is 29.9 Å². The first-order valence-electron chi connectivity index (χ1n) is 11.0. The molecule has 1 aliphatic rings. The molecule has 1 aliphatic heterocycles. The molecule has 1 N–H and O–H groups in total. The Morgan fingerprint density at radius 3 is 2.39 bits per heavy atom. The van der Waals surface area contributed by atoms with E-state index in [1.807, 2.05) is 6.07 Å². The summed E-state index contributed by atoms with van der Waals surface area (Å²) >= 11 is 0. The minimum atomic E-state index is -4.60. The largest absolute Gasteiger partial charge is 0.416 e. The van der Waals surface area contributed by atoms with Gasteiger partial charge in [0.15, 0.2) is 0 Å². The van der Waals surface area contributed by atoms with Crippen LogP contribution in [0, 0.1) is 18.3 Å². The summed E-state index contributed by atoms with van der Waals surface area (Å²) in [4.78, 5) is 27.2. The third-order valence-electron chi connectivity index (χ3n) is 6.22. The van der Waals surface area contributed by atoms with Gasteiger partial charge >= 0.3 is 11.9 Å². The van der Waals surface area contributed by atoms with E-state index in [1.54, 1.807) is 30.3 Å². The maximum absolute atomic E-state index is 13.7. The van der Waals surface area contributed by atoms with Crippen molar-refractivity contribution in [1.29, 1.82) is 5.26 Å². The molecule has 0 unspecified atom stereocenters. The monoisotopic (exact) mass is 492 g/mol. The molecule has 0 amide bonds. The molecule has 1 fully saturated rings. The molecule has 2 aromatic carbocycles. The maximum atomic E-state index is 13.7. The molecule has 36 heavy (non-hydrogen) atoms. The standard InChI is InChI=1S/C25H19F3N6O2/c1-15-22(21-9-10-31-34(21)18-7-5-16(12-29)6-8-18)23(35)33(20-13-30-14-20)24(36)32(15)19-4-2-3-17(11-19)25(26,27)28/h2-11,20,30H,13-14H2,1H3. The van der Waals surface area contributed by atoms with Gasteiger partial charge in [-0.15, -0.1) is 0 Å². The first kappa shape index (κ1) is 23.3. The summed E-state index contributed by atoms with van der Waals surface area (Å²) < 4.78 is 44.0. The van der Waals surface area contributed by atoms with Gasteiger partial charge in [-0.3, -0.25) is 13.9 Å². The minimum absolute atomic E-state index is 0.000883.